The number of aromatic nitrogens is 3. The first-order chi connectivity index (χ1) is 18.6. The molecule has 1 saturated heterocycles. The molecule has 1 fully saturated rings. The van der Waals surface area contributed by atoms with Crippen molar-refractivity contribution < 1.29 is 9.18 Å². The van der Waals surface area contributed by atoms with Crippen LogP contribution < -0.4 is 5.32 Å². The molecule has 0 atom stereocenters. The maximum Gasteiger partial charge on any atom is 0.252 e. The zero-order chi connectivity index (χ0) is 26.3. The highest BCUT2D eigenvalue weighted by Crippen LogP contribution is 2.34. The number of pyridine rings is 1. The van der Waals surface area contributed by atoms with Gasteiger partial charge in [0, 0.05) is 23.0 Å². The summed E-state index contributed by atoms with van der Waals surface area (Å²) in [6.07, 6.45) is 10.7. The number of hydrogen-bond donors (Lipinski definition) is 2. The maximum atomic E-state index is 14.6. The third-order valence-corrected chi connectivity index (χ3v) is 7.84. The van der Waals surface area contributed by atoms with Gasteiger partial charge in [-0.3, -0.25) is 14.9 Å². The van der Waals surface area contributed by atoms with E-state index in [2.05, 4.69) is 37.5 Å². The van der Waals surface area contributed by atoms with Gasteiger partial charge >= 0.3 is 0 Å². The molecule has 1 amide bonds. The van der Waals surface area contributed by atoms with Crippen LogP contribution in [-0.2, 0) is 6.42 Å². The van der Waals surface area contributed by atoms with Gasteiger partial charge in [-0.2, -0.15) is 5.10 Å². The van der Waals surface area contributed by atoms with Gasteiger partial charge in [0.05, 0.1) is 27.4 Å². The first-order valence-corrected chi connectivity index (χ1v) is 14.0. The van der Waals surface area contributed by atoms with E-state index in [-0.39, 0.29) is 5.91 Å². The summed E-state index contributed by atoms with van der Waals surface area (Å²) in [6, 6.07) is 14.6. The quantitative estimate of drug-likeness (QED) is 0.256. The number of H-pyrrole nitrogens is 1. The van der Waals surface area contributed by atoms with Crippen LogP contribution in [0.15, 0.2) is 64.5 Å². The van der Waals surface area contributed by atoms with Gasteiger partial charge in [-0.25, -0.2) is 4.39 Å². The van der Waals surface area contributed by atoms with Crippen LogP contribution in [0.1, 0.15) is 53.5 Å². The standard InChI is InChI=1S/C30H32FN5OS/c1-2-32-30(37)25-8-5-9-26(31)29(25)38-23-11-12-24-27(34-35-28(24)20-23)13-10-22-19-21(14-15-33-22)7-6-18-36-16-3-4-17-36/h5,8-15,19-20H,2-4,6-7,16-18H2,1H3,(H,32,37)(H,34,35)/b13-10+. The lowest BCUT2D eigenvalue weighted by Gasteiger charge is -2.13. The number of fused-ring (bicyclic) bond motifs is 1. The molecule has 3 heterocycles. The molecule has 38 heavy (non-hydrogen) atoms. The van der Waals surface area contributed by atoms with Crippen molar-refractivity contribution in [2.24, 2.45) is 0 Å². The fourth-order valence-corrected chi connectivity index (χ4v) is 5.78. The molecular formula is C30H32FN5OS. The zero-order valence-corrected chi connectivity index (χ0v) is 22.4. The second-order valence-electron chi connectivity index (χ2n) is 9.47. The first-order valence-electron chi connectivity index (χ1n) is 13.2. The van der Waals surface area contributed by atoms with Crippen LogP contribution in [0.5, 0.6) is 0 Å². The van der Waals surface area contributed by atoms with E-state index in [1.807, 2.05) is 43.5 Å². The summed E-state index contributed by atoms with van der Waals surface area (Å²) >= 11 is 1.23. The van der Waals surface area contributed by atoms with Crippen LogP contribution in [0.2, 0.25) is 0 Å². The molecule has 0 radical (unpaired) electrons. The molecule has 0 aliphatic carbocycles. The van der Waals surface area contributed by atoms with Crippen molar-refractivity contribution in [1.82, 2.24) is 25.4 Å². The molecule has 5 rings (SSSR count). The van der Waals surface area contributed by atoms with Crippen molar-refractivity contribution in [2.45, 2.75) is 42.4 Å². The number of nitrogens with zero attached hydrogens (tertiary/aromatic N) is 3. The third kappa shape index (κ3) is 6.31. The summed E-state index contributed by atoms with van der Waals surface area (Å²) in [6.45, 7) is 5.96. The number of nitrogens with one attached hydrogen (secondary N) is 2. The lowest BCUT2D eigenvalue weighted by atomic mass is 10.1. The number of hydrogen-bond acceptors (Lipinski definition) is 5. The smallest absolute Gasteiger partial charge is 0.252 e. The van der Waals surface area contributed by atoms with Gasteiger partial charge in [0.15, 0.2) is 0 Å². The highest BCUT2D eigenvalue weighted by atomic mass is 32.2. The number of amides is 1. The average molecular weight is 530 g/mol. The molecular weight excluding hydrogens is 497 g/mol. The molecule has 1 aliphatic rings. The zero-order valence-electron chi connectivity index (χ0n) is 21.5. The molecule has 0 saturated carbocycles. The second-order valence-corrected chi connectivity index (χ2v) is 10.6. The summed E-state index contributed by atoms with van der Waals surface area (Å²) in [7, 11) is 0. The topological polar surface area (TPSA) is 73.9 Å². The van der Waals surface area contributed by atoms with Crippen LogP contribution in [0.25, 0.3) is 23.1 Å². The van der Waals surface area contributed by atoms with E-state index in [9.17, 15) is 9.18 Å². The summed E-state index contributed by atoms with van der Waals surface area (Å²) in [4.78, 5) is 20.6. The van der Waals surface area contributed by atoms with Gasteiger partial charge in [-0.15, -0.1) is 0 Å². The second kappa shape index (κ2) is 12.4. The highest BCUT2D eigenvalue weighted by molar-refractivity contribution is 7.99. The molecule has 196 valence electrons. The van der Waals surface area contributed by atoms with Gasteiger partial charge in [0.25, 0.3) is 5.91 Å². The van der Waals surface area contributed by atoms with Gasteiger partial charge in [-0.05, 0) is 112 Å². The summed E-state index contributed by atoms with van der Waals surface area (Å²) in [5.41, 5.74) is 4.19. The third-order valence-electron chi connectivity index (χ3n) is 6.73. The predicted molar refractivity (Wildman–Crippen MR) is 152 cm³/mol. The maximum absolute atomic E-state index is 14.6. The Kier molecular flexibility index (Phi) is 8.51. The van der Waals surface area contributed by atoms with E-state index in [1.165, 1.54) is 49.3 Å². The molecule has 0 unspecified atom stereocenters. The molecule has 0 spiro atoms. The van der Waals surface area contributed by atoms with E-state index in [0.717, 1.165) is 46.6 Å². The van der Waals surface area contributed by atoms with Crippen molar-refractivity contribution in [2.75, 3.05) is 26.2 Å². The minimum Gasteiger partial charge on any atom is -0.352 e. The van der Waals surface area contributed by atoms with Crippen molar-refractivity contribution >= 4 is 40.7 Å². The van der Waals surface area contributed by atoms with Crippen molar-refractivity contribution in [3.05, 3.63) is 83.1 Å². The molecule has 2 N–H and O–H groups in total. The summed E-state index contributed by atoms with van der Waals surface area (Å²) < 4.78 is 14.6. The van der Waals surface area contributed by atoms with Crippen LogP contribution in [0, 0.1) is 5.82 Å². The lowest BCUT2D eigenvalue weighted by molar-refractivity contribution is 0.0952. The average Bonchev–Trinajstić information content (AvgIpc) is 3.59. The monoisotopic (exact) mass is 529 g/mol. The van der Waals surface area contributed by atoms with Crippen molar-refractivity contribution in [3.63, 3.8) is 0 Å². The van der Waals surface area contributed by atoms with E-state index in [4.69, 9.17) is 0 Å². The SMILES string of the molecule is CCNC(=O)c1cccc(F)c1Sc1ccc2c(/C=C/c3cc(CCCN4CCCC4)ccn3)n[nH]c2c1. The number of halogens is 1. The minimum atomic E-state index is -0.419. The van der Waals surface area contributed by atoms with E-state index < -0.39 is 5.82 Å². The van der Waals surface area contributed by atoms with Gasteiger partial charge in [-0.1, -0.05) is 17.8 Å². The summed E-state index contributed by atoms with van der Waals surface area (Å²) in [5, 5.41) is 11.3. The Morgan fingerprint density at radius 3 is 2.87 bits per heavy atom. The number of rotatable bonds is 10. The van der Waals surface area contributed by atoms with E-state index in [1.54, 1.807) is 12.1 Å². The largest absolute Gasteiger partial charge is 0.352 e. The van der Waals surface area contributed by atoms with Crippen LogP contribution in [-0.4, -0.2) is 52.2 Å². The van der Waals surface area contributed by atoms with Gasteiger partial charge < -0.3 is 10.2 Å². The minimum absolute atomic E-state index is 0.284. The highest BCUT2D eigenvalue weighted by Gasteiger charge is 2.16. The Bertz CT molecular complexity index is 1440. The molecule has 2 aromatic carbocycles. The molecule has 6 nitrogen and oxygen atoms in total. The Labute approximate surface area is 226 Å². The number of likely N-dealkylation sites (tertiary alicyclic amines) is 1. The number of carbonyl (C=O) groups excluding carboxylic acids is 1. The number of aromatic amines is 1. The number of aryl methyl sites for hydroxylation is 1. The fourth-order valence-electron chi connectivity index (χ4n) is 4.79. The fraction of sp³-hybridized carbons (Fsp3) is 0.300. The molecule has 1 aliphatic heterocycles. The van der Waals surface area contributed by atoms with E-state index >= 15 is 0 Å². The normalized spacial score (nSPS) is 14.1. The first kappa shape index (κ1) is 26.1. The summed E-state index contributed by atoms with van der Waals surface area (Å²) in [5.74, 6) is -0.702. The molecule has 0 bridgehead atoms. The predicted octanol–water partition coefficient (Wildman–Crippen LogP) is 6.20. The van der Waals surface area contributed by atoms with Crippen molar-refractivity contribution in [3.8, 4) is 0 Å². The van der Waals surface area contributed by atoms with Crippen LogP contribution in [0.4, 0.5) is 4.39 Å². The van der Waals surface area contributed by atoms with Gasteiger partial charge in [0.2, 0.25) is 0 Å². The molecule has 8 heteroatoms. The number of carbonyl (C=O) groups is 1. The Morgan fingerprint density at radius 2 is 2.03 bits per heavy atom. The molecule has 4 aromatic rings. The van der Waals surface area contributed by atoms with Gasteiger partial charge in [0.1, 0.15) is 5.82 Å². The molecule has 2 aromatic heterocycles. The van der Waals surface area contributed by atoms with E-state index in [0.29, 0.717) is 17.0 Å². The Hall–Kier alpha value is -3.49. The van der Waals surface area contributed by atoms with Crippen molar-refractivity contribution in [1.29, 1.82) is 0 Å². The Morgan fingerprint density at radius 1 is 1.16 bits per heavy atom. The number of benzene rings is 2. The van der Waals surface area contributed by atoms with Crippen LogP contribution >= 0.6 is 11.8 Å². The Balaban J connectivity index is 1.28. The lowest BCUT2D eigenvalue weighted by Crippen LogP contribution is -2.23. The van der Waals surface area contributed by atoms with Crippen LogP contribution in [0.3, 0.4) is 0 Å².